The highest BCUT2D eigenvalue weighted by molar-refractivity contribution is 6.51. The monoisotopic (exact) mass is 485 g/mol. The lowest BCUT2D eigenvalue weighted by molar-refractivity contribution is -0.132. The van der Waals surface area contributed by atoms with Gasteiger partial charge in [0.2, 0.25) is 0 Å². The van der Waals surface area contributed by atoms with Gasteiger partial charge >= 0.3 is 0 Å². The van der Waals surface area contributed by atoms with Gasteiger partial charge in [-0.3, -0.25) is 14.5 Å². The van der Waals surface area contributed by atoms with E-state index in [1.807, 2.05) is 58.0 Å². The van der Waals surface area contributed by atoms with Crippen molar-refractivity contribution in [3.63, 3.8) is 0 Å². The van der Waals surface area contributed by atoms with Crippen LogP contribution in [-0.2, 0) is 9.59 Å². The second-order valence-corrected chi connectivity index (χ2v) is 9.06. The number of anilines is 1. The van der Waals surface area contributed by atoms with E-state index in [2.05, 4.69) is 0 Å². The number of hydrogen-bond donors (Lipinski definition) is 1. The summed E-state index contributed by atoms with van der Waals surface area (Å²) in [5.41, 5.74) is 4.56. The van der Waals surface area contributed by atoms with E-state index in [1.54, 1.807) is 37.4 Å². The molecule has 0 spiro atoms. The maximum Gasteiger partial charge on any atom is 0.300 e. The molecule has 6 heteroatoms. The lowest BCUT2D eigenvalue weighted by atomic mass is 9.94. The third kappa shape index (κ3) is 4.59. The van der Waals surface area contributed by atoms with E-state index in [4.69, 9.17) is 9.47 Å². The first-order valence-electron chi connectivity index (χ1n) is 12.0. The molecule has 0 radical (unpaired) electrons. The maximum absolute atomic E-state index is 13.4. The van der Waals surface area contributed by atoms with Gasteiger partial charge in [0.05, 0.1) is 25.3 Å². The van der Waals surface area contributed by atoms with Crippen LogP contribution in [-0.4, -0.2) is 30.5 Å². The van der Waals surface area contributed by atoms with Gasteiger partial charge in [0, 0.05) is 11.3 Å². The van der Waals surface area contributed by atoms with Crippen LogP contribution in [0.1, 0.15) is 47.2 Å². The number of ether oxygens (including phenoxy) is 2. The van der Waals surface area contributed by atoms with Gasteiger partial charge in [0.1, 0.15) is 17.3 Å². The molecule has 186 valence electrons. The second-order valence-electron chi connectivity index (χ2n) is 9.06. The van der Waals surface area contributed by atoms with E-state index >= 15 is 0 Å². The summed E-state index contributed by atoms with van der Waals surface area (Å²) in [6.45, 7) is 8.39. The minimum absolute atomic E-state index is 0.0479. The van der Waals surface area contributed by atoms with Gasteiger partial charge in [-0.25, -0.2) is 0 Å². The van der Waals surface area contributed by atoms with Crippen LogP contribution in [0.3, 0.4) is 0 Å². The smallest absolute Gasteiger partial charge is 0.300 e. The molecular formula is C30H31NO5. The summed E-state index contributed by atoms with van der Waals surface area (Å²) in [4.78, 5) is 28.3. The number of aliphatic hydroxyl groups is 1. The molecule has 6 nitrogen and oxygen atoms in total. The predicted octanol–water partition coefficient (Wildman–Crippen LogP) is 6.04. The van der Waals surface area contributed by atoms with Crippen molar-refractivity contribution < 1.29 is 24.2 Å². The van der Waals surface area contributed by atoms with Crippen molar-refractivity contribution in [3.8, 4) is 11.5 Å². The number of methoxy groups -OCH3 is 1. The molecule has 1 unspecified atom stereocenters. The highest BCUT2D eigenvalue weighted by Gasteiger charge is 2.47. The number of ketones is 1. The zero-order chi connectivity index (χ0) is 26.0. The van der Waals surface area contributed by atoms with Gasteiger partial charge in [-0.2, -0.15) is 0 Å². The first kappa shape index (κ1) is 25.0. The number of carbonyl (C=O) groups is 2. The van der Waals surface area contributed by atoms with E-state index in [-0.39, 0.29) is 11.3 Å². The van der Waals surface area contributed by atoms with Crippen molar-refractivity contribution in [2.45, 2.75) is 40.2 Å². The normalized spacial score (nSPS) is 16.9. The van der Waals surface area contributed by atoms with Crippen LogP contribution in [0.4, 0.5) is 5.69 Å². The van der Waals surface area contributed by atoms with Gasteiger partial charge < -0.3 is 14.6 Å². The lowest BCUT2D eigenvalue weighted by Crippen LogP contribution is -2.30. The Morgan fingerprint density at radius 3 is 2.28 bits per heavy atom. The van der Waals surface area contributed by atoms with Gasteiger partial charge in [-0.1, -0.05) is 36.8 Å². The van der Waals surface area contributed by atoms with Crippen LogP contribution in [0.25, 0.3) is 5.76 Å². The summed E-state index contributed by atoms with van der Waals surface area (Å²) in [5.74, 6) is -0.246. The molecule has 1 saturated heterocycles. The number of aliphatic hydroxyl groups excluding tert-OH is 1. The molecule has 0 aromatic heterocycles. The zero-order valence-electron chi connectivity index (χ0n) is 21.3. The van der Waals surface area contributed by atoms with E-state index in [1.165, 1.54) is 4.90 Å². The fourth-order valence-corrected chi connectivity index (χ4v) is 4.58. The summed E-state index contributed by atoms with van der Waals surface area (Å²) in [6.07, 6.45) is 0.880. The Balaban J connectivity index is 1.89. The number of Topliss-reactive ketones (excluding diaryl/α,β-unsaturated/α-hetero) is 1. The summed E-state index contributed by atoms with van der Waals surface area (Å²) >= 11 is 0. The molecule has 0 bridgehead atoms. The molecule has 1 N–H and O–H groups in total. The van der Waals surface area contributed by atoms with Crippen molar-refractivity contribution in [2.24, 2.45) is 0 Å². The molecule has 1 fully saturated rings. The average Bonchev–Trinajstić information content (AvgIpc) is 3.13. The van der Waals surface area contributed by atoms with Crippen LogP contribution in [0.5, 0.6) is 11.5 Å². The van der Waals surface area contributed by atoms with Gasteiger partial charge in [-0.05, 0) is 80.3 Å². The molecule has 1 amide bonds. The summed E-state index contributed by atoms with van der Waals surface area (Å²) in [6, 6.07) is 17.4. The van der Waals surface area contributed by atoms with E-state index in [9.17, 15) is 14.7 Å². The standard InChI is InChI=1S/C30H31NO5/c1-6-15-36-25-14-10-22(17-20(25)4)28(32)26-27(21-8-11-23(35-5)12-9-21)31(30(34)29(26)33)24-13-7-18(2)16-19(24)3/h7-14,16-17,27,32H,6,15H2,1-5H3/b28-26+. The topological polar surface area (TPSA) is 76.1 Å². The first-order chi connectivity index (χ1) is 17.3. The molecule has 4 rings (SSSR count). The number of hydrogen-bond acceptors (Lipinski definition) is 5. The van der Waals surface area contributed by atoms with Crippen LogP contribution < -0.4 is 14.4 Å². The zero-order valence-corrected chi connectivity index (χ0v) is 21.3. The maximum atomic E-state index is 13.4. The predicted molar refractivity (Wildman–Crippen MR) is 141 cm³/mol. The lowest BCUT2D eigenvalue weighted by Gasteiger charge is -2.27. The number of amides is 1. The van der Waals surface area contributed by atoms with Crippen LogP contribution in [0.15, 0.2) is 66.2 Å². The van der Waals surface area contributed by atoms with Crippen LogP contribution in [0, 0.1) is 20.8 Å². The van der Waals surface area contributed by atoms with Gasteiger partial charge in [-0.15, -0.1) is 0 Å². The minimum Gasteiger partial charge on any atom is -0.507 e. The molecule has 3 aromatic rings. The summed E-state index contributed by atoms with van der Waals surface area (Å²) in [5, 5.41) is 11.4. The molecule has 1 aliphatic heterocycles. The van der Waals surface area contributed by atoms with Crippen LogP contribution >= 0.6 is 0 Å². The molecule has 3 aromatic carbocycles. The van der Waals surface area contributed by atoms with E-state index in [0.29, 0.717) is 29.2 Å². The molecule has 1 heterocycles. The molecule has 1 atom stereocenters. The molecular weight excluding hydrogens is 454 g/mol. The van der Waals surface area contributed by atoms with Crippen molar-refractivity contribution in [1.82, 2.24) is 0 Å². The Morgan fingerprint density at radius 1 is 0.944 bits per heavy atom. The van der Waals surface area contributed by atoms with Crippen molar-refractivity contribution in [1.29, 1.82) is 0 Å². The van der Waals surface area contributed by atoms with Crippen molar-refractivity contribution in [2.75, 3.05) is 18.6 Å². The Hall–Kier alpha value is -4.06. The van der Waals surface area contributed by atoms with Crippen molar-refractivity contribution >= 4 is 23.1 Å². The summed E-state index contributed by atoms with van der Waals surface area (Å²) < 4.78 is 11.0. The van der Waals surface area contributed by atoms with E-state index < -0.39 is 17.7 Å². The quantitative estimate of drug-likeness (QED) is 0.251. The number of rotatable bonds is 7. The van der Waals surface area contributed by atoms with Gasteiger partial charge in [0.15, 0.2) is 0 Å². The first-order valence-corrected chi connectivity index (χ1v) is 12.0. The van der Waals surface area contributed by atoms with E-state index in [0.717, 1.165) is 28.9 Å². The number of aryl methyl sites for hydroxylation is 3. The third-order valence-electron chi connectivity index (χ3n) is 6.40. The van der Waals surface area contributed by atoms with Crippen LogP contribution in [0.2, 0.25) is 0 Å². The third-order valence-corrected chi connectivity index (χ3v) is 6.40. The molecule has 1 aliphatic rings. The Labute approximate surface area is 211 Å². The Kier molecular flexibility index (Phi) is 7.15. The molecule has 36 heavy (non-hydrogen) atoms. The van der Waals surface area contributed by atoms with Crippen molar-refractivity contribution in [3.05, 3.63) is 94.1 Å². The number of carbonyl (C=O) groups excluding carboxylic acids is 2. The summed E-state index contributed by atoms with van der Waals surface area (Å²) in [7, 11) is 1.58. The fourth-order valence-electron chi connectivity index (χ4n) is 4.58. The number of nitrogens with zero attached hydrogens (tertiary/aromatic N) is 1. The number of benzene rings is 3. The van der Waals surface area contributed by atoms with Gasteiger partial charge in [0.25, 0.3) is 11.7 Å². The SMILES string of the molecule is CCCOc1ccc(/C(O)=C2\C(=O)C(=O)N(c3ccc(C)cc3C)C2c2ccc(OC)cc2)cc1C. The molecule has 0 saturated carbocycles. The minimum atomic E-state index is -0.798. The Morgan fingerprint density at radius 2 is 1.67 bits per heavy atom. The highest BCUT2D eigenvalue weighted by Crippen LogP contribution is 2.43. The second kappa shape index (κ2) is 10.3. The fraction of sp³-hybridized carbons (Fsp3) is 0.267. The Bertz CT molecular complexity index is 1340. The highest BCUT2D eigenvalue weighted by atomic mass is 16.5. The average molecular weight is 486 g/mol. The largest absolute Gasteiger partial charge is 0.507 e. The molecule has 0 aliphatic carbocycles.